The molecule has 1 aromatic rings. The summed E-state index contributed by atoms with van der Waals surface area (Å²) in [5.74, 6) is -2.35. The number of carbonyl (C=O) groups excluding carboxylic acids is 1. The van der Waals surface area contributed by atoms with Crippen LogP contribution in [0.1, 0.15) is 36.5 Å². The predicted molar refractivity (Wildman–Crippen MR) is 69.5 cm³/mol. The van der Waals surface area contributed by atoms with Crippen LogP contribution >= 0.6 is 0 Å². The number of amides is 1. The van der Waals surface area contributed by atoms with Crippen LogP contribution < -0.4 is 11.1 Å². The monoisotopic (exact) mass is 268 g/mol. The number of carbonyl (C=O) groups is 2. The van der Waals surface area contributed by atoms with Gasteiger partial charge in [0.1, 0.15) is 5.82 Å². The Bertz CT molecular complexity index is 477. The van der Waals surface area contributed by atoms with Crippen molar-refractivity contribution in [1.82, 2.24) is 0 Å². The molecule has 0 saturated carbocycles. The van der Waals surface area contributed by atoms with Crippen LogP contribution in [0.25, 0.3) is 0 Å². The number of hydrogen-bond acceptors (Lipinski definition) is 3. The van der Waals surface area contributed by atoms with Gasteiger partial charge in [0.2, 0.25) is 5.91 Å². The van der Waals surface area contributed by atoms with Gasteiger partial charge in [0.25, 0.3) is 0 Å². The number of benzene rings is 1. The molecule has 1 atom stereocenters. The van der Waals surface area contributed by atoms with Gasteiger partial charge in [-0.2, -0.15) is 0 Å². The Morgan fingerprint density at radius 3 is 2.74 bits per heavy atom. The van der Waals surface area contributed by atoms with Gasteiger partial charge >= 0.3 is 5.97 Å². The summed E-state index contributed by atoms with van der Waals surface area (Å²) >= 11 is 0. The van der Waals surface area contributed by atoms with E-state index in [1.165, 1.54) is 6.07 Å². The first-order valence-corrected chi connectivity index (χ1v) is 6.02. The maximum Gasteiger partial charge on any atom is 0.337 e. The van der Waals surface area contributed by atoms with E-state index < -0.39 is 11.8 Å². The smallest absolute Gasteiger partial charge is 0.337 e. The summed E-state index contributed by atoms with van der Waals surface area (Å²) in [6.45, 7) is 1.96. The first-order valence-electron chi connectivity index (χ1n) is 6.02. The van der Waals surface area contributed by atoms with Crippen LogP contribution in [0.5, 0.6) is 0 Å². The van der Waals surface area contributed by atoms with Gasteiger partial charge in [0, 0.05) is 12.5 Å². The van der Waals surface area contributed by atoms with Crippen LogP contribution in [0.15, 0.2) is 18.2 Å². The van der Waals surface area contributed by atoms with Crippen molar-refractivity contribution in [3.63, 3.8) is 0 Å². The first-order chi connectivity index (χ1) is 8.93. The minimum Gasteiger partial charge on any atom is -0.478 e. The number of rotatable bonds is 6. The molecule has 104 valence electrons. The summed E-state index contributed by atoms with van der Waals surface area (Å²) < 4.78 is 13.0. The van der Waals surface area contributed by atoms with Crippen molar-refractivity contribution in [3.8, 4) is 0 Å². The fraction of sp³-hybridized carbons (Fsp3) is 0.385. The second kappa shape index (κ2) is 6.84. The zero-order valence-electron chi connectivity index (χ0n) is 10.6. The molecule has 1 unspecified atom stereocenters. The van der Waals surface area contributed by atoms with Crippen molar-refractivity contribution in [2.45, 2.75) is 32.2 Å². The number of nitrogens with two attached hydrogens (primary N) is 1. The van der Waals surface area contributed by atoms with Crippen LogP contribution in [0.4, 0.5) is 10.1 Å². The Morgan fingerprint density at radius 1 is 1.47 bits per heavy atom. The Balaban J connectivity index is 2.76. The van der Waals surface area contributed by atoms with Crippen molar-refractivity contribution < 1.29 is 19.1 Å². The highest BCUT2D eigenvalue weighted by Gasteiger charge is 2.15. The molecule has 1 aromatic carbocycles. The van der Waals surface area contributed by atoms with E-state index in [1.807, 2.05) is 6.92 Å². The molecule has 0 saturated heterocycles. The van der Waals surface area contributed by atoms with Gasteiger partial charge in [-0.15, -0.1) is 0 Å². The lowest BCUT2D eigenvalue weighted by Crippen LogP contribution is -2.27. The van der Waals surface area contributed by atoms with Crippen LogP contribution in [0, 0.1) is 5.82 Å². The molecule has 0 heterocycles. The summed E-state index contributed by atoms with van der Waals surface area (Å²) in [5, 5.41) is 11.4. The molecule has 0 radical (unpaired) electrons. The molecule has 6 heteroatoms. The molecule has 1 amide bonds. The fourth-order valence-electron chi connectivity index (χ4n) is 1.71. The van der Waals surface area contributed by atoms with Gasteiger partial charge in [0.05, 0.1) is 11.3 Å². The molecule has 4 N–H and O–H groups in total. The normalized spacial score (nSPS) is 11.9. The van der Waals surface area contributed by atoms with E-state index in [4.69, 9.17) is 10.8 Å². The number of nitrogens with one attached hydrogen (secondary N) is 1. The molecule has 5 nitrogen and oxygen atoms in total. The van der Waals surface area contributed by atoms with E-state index in [-0.39, 0.29) is 29.6 Å². The average molecular weight is 268 g/mol. The standard InChI is InChI=1S/C13H17FN2O3/c1-2-3-9(15)7-12(17)16-11-5-4-8(14)6-10(11)13(18)19/h4-6,9H,2-3,7,15H2,1H3,(H,16,17)(H,18,19). The fourth-order valence-corrected chi connectivity index (χ4v) is 1.71. The highest BCUT2D eigenvalue weighted by Crippen LogP contribution is 2.17. The number of anilines is 1. The number of hydrogen-bond donors (Lipinski definition) is 3. The molecule has 0 bridgehead atoms. The zero-order chi connectivity index (χ0) is 14.4. The van der Waals surface area contributed by atoms with Crippen LogP contribution in [0.2, 0.25) is 0 Å². The summed E-state index contributed by atoms with van der Waals surface area (Å²) in [7, 11) is 0. The van der Waals surface area contributed by atoms with Gasteiger partial charge in [-0.3, -0.25) is 4.79 Å². The Kier molecular flexibility index (Phi) is 5.44. The van der Waals surface area contributed by atoms with Crippen molar-refractivity contribution in [2.75, 3.05) is 5.32 Å². The molecule has 1 rings (SSSR count). The number of aromatic carboxylic acids is 1. The predicted octanol–water partition coefficient (Wildman–Crippen LogP) is 1.98. The Hall–Kier alpha value is -1.95. The zero-order valence-corrected chi connectivity index (χ0v) is 10.6. The van der Waals surface area contributed by atoms with Crippen molar-refractivity contribution in [3.05, 3.63) is 29.6 Å². The minimum absolute atomic E-state index is 0.0719. The second-order valence-electron chi connectivity index (χ2n) is 4.30. The summed E-state index contributed by atoms with van der Waals surface area (Å²) in [6.07, 6.45) is 1.68. The largest absolute Gasteiger partial charge is 0.478 e. The van der Waals surface area contributed by atoms with E-state index in [0.717, 1.165) is 18.6 Å². The lowest BCUT2D eigenvalue weighted by atomic mass is 10.1. The summed E-state index contributed by atoms with van der Waals surface area (Å²) in [5.41, 5.74) is 5.52. The third kappa shape index (κ3) is 4.67. The van der Waals surface area contributed by atoms with Gasteiger partial charge in [0.15, 0.2) is 0 Å². The molecule has 0 aliphatic rings. The van der Waals surface area contributed by atoms with Crippen molar-refractivity contribution >= 4 is 17.6 Å². The van der Waals surface area contributed by atoms with E-state index in [9.17, 15) is 14.0 Å². The lowest BCUT2D eigenvalue weighted by molar-refractivity contribution is -0.116. The van der Waals surface area contributed by atoms with Crippen LogP contribution in [-0.4, -0.2) is 23.0 Å². The topological polar surface area (TPSA) is 92.4 Å². The summed E-state index contributed by atoms with van der Waals surface area (Å²) in [6, 6.07) is 2.92. The maximum absolute atomic E-state index is 13.0. The lowest BCUT2D eigenvalue weighted by Gasteiger charge is -2.12. The van der Waals surface area contributed by atoms with Gasteiger partial charge in [-0.25, -0.2) is 9.18 Å². The SMILES string of the molecule is CCCC(N)CC(=O)Nc1ccc(F)cc1C(=O)O. The average Bonchev–Trinajstić information content (AvgIpc) is 2.31. The highest BCUT2D eigenvalue weighted by molar-refractivity contribution is 6.00. The quantitative estimate of drug-likeness (QED) is 0.735. The molecular weight excluding hydrogens is 251 g/mol. The molecule has 0 aromatic heterocycles. The van der Waals surface area contributed by atoms with Crippen LogP contribution in [0.3, 0.4) is 0 Å². The molecule has 19 heavy (non-hydrogen) atoms. The molecule has 0 fully saturated rings. The van der Waals surface area contributed by atoms with E-state index in [1.54, 1.807) is 0 Å². The number of carboxylic acid groups (broad SMARTS) is 1. The molecule has 0 spiro atoms. The third-order valence-electron chi connectivity index (χ3n) is 2.59. The van der Waals surface area contributed by atoms with E-state index in [0.29, 0.717) is 6.42 Å². The first kappa shape index (κ1) is 15.1. The summed E-state index contributed by atoms with van der Waals surface area (Å²) in [4.78, 5) is 22.6. The van der Waals surface area contributed by atoms with Gasteiger partial charge in [-0.1, -0.05) is 13.3 Å². The second-order valence-corrected chi connectivity index (χ2v) is 4.30. The Labute approximate surface area is 110 Å². The minimum atomic E-state index is -1.30. The number of halogens is 1. The third-order valence-corrected chi connectivity index (χ3v) is 2.59. The van der Waals surface area contributed by atoms with Crippen molar-refractivity contribution in [1.29, 1.82) is 0 Å². The maximum atomic E-state index is 13.0. The highest BCUT2D eigenvalue weighted by atomic mass is 19.1. The van der Waals surface area contributed by atoms with Gasteiger partial charge in [-0.05, 0) is 24.6 Å². The Morgan fingerprint density at radius 2 is 2.16 bits per heavy atom. The molecule has 0 aliphatic carbocycles. The van der Waals surface area contributed by atoms with E-state index in [2.05, 4.69) is 5.32 Å². The number of carboxylic acids is 1. The molecule has 0 aliphatic heterocycles. The van der Waals surface area contributed by atoms with E-state index >= 15 is 0 Å². The van der Waals surface area contributed by atoms with Gasteiger partial charge < -0.3 is 16.2 Å². The van der Waals surface area contributed by atoms with Crippen LogP contribution in [-0.2, 0) is 4.79 Å². The van der Waals surface area contributed by atoms with Crippen molar-refractivity contribution in [2.24, 2.45) is 5.73 Å². The molecular formula is C13H17FN2O3.